The molecule has 0 aromatic rings. The molecule has 1 aliphatic rings. The molecule has 0 aromatic heterocycles. The van der Waals surface area contributed by atoms with E-state index in [4.69, 9.17) is 4.99 Å². The number of rotatable bonds is 10. The van der Waals surface area contributed by atoms with E-state index >= 15 is 0 Å². The van der Waals surface area contributed by atoms with E-state index in [1.807, 2.05) is 0 Å². The van der Waals surface area contributed by atoms with Crippen LogP contribution >= 0.6 is 24.0 Å². The largest absolute Gasteiger partial charge is 0.357 e. The van der Waals surface area contributed by atoms with Crippen LogP contribution < -0.4 is 10.6 Å². The fourth-order valence-electron chi connectivity index (χ4n) is 3.08. The van der Waals surface area contributed by atoms with E-state index < -0.39 is 10.0 Å². The van der Waals surface area contributed by atoms with Crippen molar-refractivity contribution < 1.29 is 8.42 Å². The Hall–Kier alpha value is -0.130. The summed E-state index contributed by atoms with van der Waals surface area (Å²) in [6, 6.07) is 0. The molecule has 0 spiro atoms. The third-order valence-corrected chi connectivity index (χ3v) is 6.82. The van der Waals surface area contributed by atoms with Crippen molar-refractivity contribution in [2.45, 2.75) is 58.9 Å². The summed E-state index contributed by atoms with van der Waals surface area (Å²) < 4.78 is 24.9. The highest BCUT2D eigenvalue weighted by atomic mass is 127. The Kier molecular flexibility index (Phi) is 13.1. The Morgan fingerprint density at radius 1 is 1.15 bits per heavy atom. The number of nitrogens with zero attached hydrogens (tertiary/aromatic N) is 3. The van der Waals surface area contributed by atoms with Gasteiger partial charge in [-0.25, -0.2) is 12.7 Å². The molecule has 0 unspecified atom stereocenters. The van der Waals surface area contributed by atoms with E-state index in [-0.39, 0.29) is 35.3 Å². The molecule has 0 atom stereocenters. The van der Waals surface area contributed by atoms with Gasteiger partial charge in [0.15, 0.2) is 5.96 Å². The van der Waals surface area contributed by atoms with E-state index in [0.717, 1.165) is 38.6 Å². The molecule has 0 amide bonds. The molecule has 0 bridgehead atoms. The summed E-state index contributed by atoms with van der Waals surface area (Å²) in [6.07, 6.45) is 4.64. The first kappa shape index (κ1) is 26.9. The van der Waals surface area contributed by atoms with Crippen LogP contribution in [0.5, 0.6) is 0 Å². The lowest BCUT2D eigenvalue weighted by Gasteiger charge is -2.40. The molecule has 0 saturated carbocycles. The van der Waals surface area contributed by atoms with Crippen molar-refractivity contribution in [1.82, 2.24) is 19.8 Å². The van der Waals surface area contributed by atoms with Crippen LogP contribution in [0.4, 0.5) is 0 Å². The van der Waals surface area contributed by atoms with Gasteiger partial charge in [0.25, 0.3) is 0 Å². The summed E-state index contributed by atoms with van der Waals surface area (Å²) >= 11 is 0. The zero-order valence-corrected chi connectivity index (χ0v) is 20.9. The number of piperidine rings is 1. The highest BCUT2D eigenvalue weighted by Crippen LogP contribution is 2.20. The molecule has 7 nitrogen and oxygen atoms in total. The Balaban J connectivity index is 0.00000676. The maximum absolute atomic E-state index is 11.8. The smallest absolute Gasteiger partial charge is 0.213 e. The number of sulfonamides is 1. The van der Waals surface area contributed by atoms with Crippen LogP contribution in [0, 0.1) is 0 Å². The summed E-state index contributed by atoms with van der Waals surface area (Å²) in [5, 5.41) is 6.60. The molecule has 27 heavy (non-hydrogen) atoms. The molecule has 1 heterocycles. The standard InChI is InChI=1S/C18H39N5O2S.HI/c1-6-19-17(20-12-11-13-22(5)26(24,25)7-2)21-16-18(3,4)23-14-9-8-10-15-23;/h6-16H2,1-5H3,(H2,19,20,21);1H. The number of hydrogen-bond acceptors (Lipinski definition) is 4. The summed E-state index contributed by atoms with van der Waals surface area (Å²) in [5.74, 6) is 0.950. The first-order valence-electron chi connectivity index (χ1n) is 9.94. The second kappa shape index (κ2) is 13.2. The van der Waals surface area contributed by atoms with Gasteiger partial charge in [0.05, 0.1) is 12.3 Å². The molecule has 0 radical (unpaired) electrons. The minimum atomic E-state index is -3.10. The second-order valence-corrected chi connectivity index (χ2v) is 9.92. The summed E-state index contributed by atoms with van der Waals surface area (Å²) in [5.41, 5.74) is 0.0538. The number of aliphatic imine (C=N–C) groups is 1. The molecule has 0 aromatic carbocycles. The van der Waals surface area contributed by atoms with Gasteiger partial charge in [0, 0.05) is 32.2 Å². The topological polar surface area (TPSA) is 77.0 Å². The lowest BCUT2D eigenvalue weighted by molar-refractivity contribution is 0.102. The fourth-order valence-corrected chi connectivity index (χ4v) is 3.93. The van der Waals surface area contributed by atoms with Gasteiger partial charge in [-0.15, -0.1) is 24.0 Å². The summed E-state index contributed by atoms with van der Waals surface area (Å²) in [7, 11) is -1.46. The van der Waals surface area contributed by atoms with Crippen LogP contribution in [-0.2, 0) is 10.0 Å². The minimum Gasteiger partial charge on any atom is -0.357 e. The molecule has 1 rings (SSSR count). The molecule has 1 saturated heterocycles. The average Bonchev–Trinajstić information content (AvgIpc) is 2.63. The first-order chi connectivity index (χ1) is 12.2. The Morgan fingerprint density at radius 2 is 1.78 bits per heavy atom. The van der Waals surface area contributed by atoms with Gasteiger partial charge in [-0.05, 0) is 60.0 Å². The summed E-state index contributed by atoms with van der Waals surface area (Å²) in [4.78, 5) is 7.30. The number of hydrogen-bond donors (Lipinski definition) is 2. The number of guanidine groups is 1. The van der Waals surface area contributed by atoms with Crippen LogP contribution in [0.15, 0.2) is 4.99 Å². The average molecular weight is 518 g/mol. The molecule has 1 aliphatic heterocycles. The van der Waals surface area contributed by atoms with Crippen LogP contribution in [0.25, 0.3) is 0 Å². The first-order valence-corrected chi connectivity index (χ1v) is 11.5. The van der Waals surface area contributed by atoms with Crippen LogP contribution in [-0.4, -0.2) is 81.2 Å². The molecule has 9 heteroatoms. The van der Waals surface area contributed by atoms with Crippen molar-refractivity contribution >= 4 is 40.0 Å². The van der Waals surface area contributed by atoms with Gasteiger partial charge in [0.1, 0.15) is 0 Å². The third-order valence-electron chi connectivity index (χ3n) is 4.96. The van der Waals surface area contributed by atoms with Crippen LogP contribution in [0.2, 0.25) is 0 Å². The minimum absolute atomic E-state index is 0. The molecule has 162 valence electrons. The molecular formula is C18H40IN5O2S. The second-order valence-electron chi connectivity index (χ2n) is 7.56. The van der Waals surface area contributed by atoms with Crippen molar-refractivity contribution in [2.24, 2.45) is 4.99 Å². The van der Waals surface area contributed by atoms with Crippen LogP contribution in [0.3, 0.4) is 0 Å². The van der Waals surface area contributed by atoms with Crippen molar-refractivity contribution in [3.05, 3.63) is 0 Å². The Morgan fingerprint density at radius 3 is 2.33 bits per heavy atom. The van der Waals surface area contributed by atoms with Gasteiger partial charge in [-0.2, -0.15) is 0 Å². The maximum Gasteiger partial charge on any atom is 0.213 e. The van der Waals surface area contributed by atoms with E-state index in [1.165, 1.54) is 23.6 Å². The quantitative estimate of drug-likeness (QED) is 0.201. The highest BCUT2D eigenvalue weighted by Gasteiger charge is 2.27. The molecule has 0 aliphatic carbocycles. The van der Waals surface area contributed by atoms with E-state index in [0.29, 0.717) is 13.1 Å². The number of halogens is 1. The lowest BCUT2D eigenvalue weighted by atomic mass is 9.99. The normalized spacial score (nSPS) is 16.9. The lowest BCUT2D eigenvalue weighted by Crippen LogP contribution is -2.49. The monoisotopic (exact) mass is 517 g/mol. The van der Waals surface area contributed by atoms with Gasteiger partial charge < -0.3 is 10.6 Å². The van der Waals surface area contributed by atoms with Crippen molar-refractivity contribution in [3.8, 4) is 0 Å². The predicted molar refractivity (Wildman–Crippen MR) is 126 cm³/mol. The Bertz CT molecular complexity index is 534. The highest BCUT2D eigenvalue weighted by molar-refractivity contribution is 14.0. The number of nitrogens with one attached hydrogen (secondary N) is 2. The van der Waals surface area contributed by atoms with E-state index in [1.54, 1.807) is 14.0 Å². The van der Waals surface area contributed by atoms with Gasteiger partial charge in [0.2, 0.25) is 10.0 Å². The van der Waals surface area contributed by atoms with E-state index in [2.05, 4.69) is 36.3 Å². The third kappa shape index (κ3) is 9.76. The van der Waals surface area contributed by atoms with Gasteiger partial charge in [-0.3, -0.25) is 9.89 Å². The zero-order valence-electron chi connectivity index (χ0n) is 17.8. The van der Waals surface area contributed by atoms with E-state index in [9.17, 15) is 8.42 Å². The van der Waals surface area contributed by atoms with Crippen molar-refractivity contribution in [2.75, 3.05) is 52.1 Å². The van der Waals surface area contributed by atoms with Gasteiger partial charge in [-0.1, -0.05) is 6.42 Å². The summed E-state index contributed by atoms with van der Waals surface area (Å²) in [6.45, 7) is 13.3. The van der Waals surface area contributed by atoms with Gasteiger partial charge >= 0.3 is 0 Å². The zero-order chi connectivity index (χ0) is 19.6. The van der Waals surface area contributed by atoms with Crippen molar-refractivity contribution in [1.29, 1.82) is 0 Å². The molecular weight excluding hydrogens is 477 g/mol. The van der Waals surface area contributed by atoms with Crippen LogP contribution in [0.1, 0.15) is 53.4 Å². The van der Waals surface area contributed by atoms with Crippen molar-refractivity contribution in [3.63, 3.8) is 0 Å². The molecule has 2 N–H and O–H groups in total. The molecule has 1 fully saturated rings. The maximum atomic E-state index is 11.8. The Labute approximate surface area is 183 Å². The number of likely N-dealkylation sites (tertiary alicyclic amines) is 1. The fraction of sp³-hybridized carbons (Fsp3) is 0.944. The predicted octanol–water partition coefficient (Wildman–Crippen LogP) is 2.10. The SMILES string of the molecule is CCNC(=NCC(C)(C)N1CCCCC1)NCCCN(C)S(=O)(=O)CC.I.